The Kier molecular flexibility index (Phi) is 5.63. The van der Waals surface area contributed by atoms with Crippen LogP contribution >= 0.6 is 0 Å². The highest BCUT2D eigenvalue weighted by atomic mass is 32.2. The van der Waals surface area contributed by atoms with Gasteiger partial charge in [0, 0.05) is 38.3 Å². The lowest BCUT2D eigenvalue weighted by Crippen LogP contribution is -2.44. The van der Waals surface area contributed by atoms with E-state index in [2.05, 4.69) is 15.8 Å². The zero-order valence-corrected chi connectivity index (χ0v) is 19.2. The van der Waals surface area contributed by atoms with Crippen molar-refractivity contribution in [2.45, 2.75) is 57.4 Å². The third-order valence-corrected chi connectivity index (χ3v) is 8.15. The number of aromatic nitrogens is 1. The number of hydrogen-bond acceptors (Lipinski definition) is 4. The molecule has 1 aromatic heterocycles. The van der Waals surface area contributed by atoms with Crippen molar-refractivity contribution >= 4 is 27.6 Å². The van der Waals surface area contributed by atoms with Gasteiger partial charge in [-0.15, -0.1) is 4.40 Å². The van der Waals surface area contributed by atoms with E-state index in [1.165, 1.54) is 15.4 Å². The Bertz CT molecular complexity index is 1120. The lowest BCUT2D eigenvalue weighted by Gasteiger charge is -2.33. The number of rotatable bonds is 5. The summed E-state index contributed by atoms with van der Waals surface area (Å²) in [6.45, 7) is 0.968. The van der Waals surface area contributed by atoms with Gasteiger partial charge >= 0.3 is 10.2 Å². The van der Waals surface area contributed by atoms with Crippen molar-refractivity contribution in [2.75, 3.05) is 22.8 Å². The van der Waals surface area contributed by atoms with Crippen LogP contribution in [-0.2, 0) is 47.7 Å². The highest BCUT2D eigenvalue weighted by Gasteiger charge is 2.32. The second-order valence-corrected chi connectivity index (χ2v) is 10.4. The third-order valence-electron chi connectivity index (χ3n) is 6.75. The summed E-state index contributed by atoms with van der Waals surface area (Å²) in [4.78, 5) is 0. The van der Waals surface area contributed by atoms with Crippen LogP contribution in [0.15, 0.2) is 28.9 Å². The van der Waals surface area contributed by atoms with E-state index in [1.54, 1.807) is 23.0 Å². The van der Waals surface area contributed by atoms with Gasteiger partial charge in [0.15, 0.2) is 0 Å². The molecule has 0 unspecified atom stereocenters. The number of benzene rings is 1. The van der Waals surface area contributed by atoms with Crippen molar-refractivity contribution in [3.05, 3.63) is 46.8 Å². The zero-order valence-electron chi connectivity index (χ0n) is 18.3. The van der Waals surface area contributed by atoms with Gasteiger partial charge in [-0.25, -0.2) is 4.31 Å². The lowest BCUT2D eigenvalue weighted by molar-refractivity contribution is -0.213. The first kappa shape index (κ1) is 21.3. The summed E-state index contributed by atoms with van der Waals surface area (Å²) >= 11 is 0. The fraction of sp³-hybridized carbons (Fsp3) is 0.522. The Morgan fingerprint density at radius 3 is 2.41 bits per heavy atom. The summed E-state index contributed by atoms with van der Waals surface area (Å²) < 4.78 is 38.9. The van der Waals surface area contributed by atoms with Gasteiger partial charge in [-0.2, -0.15) is 8.42 Å². The number of anilines is 2. The molecule has 3 aliphatic rings. The number of fused-ring (bicyclic) bond motifs is 2. The van der Waals surface area contributed by atoms with Gasteiger partial charge in [0.05, 0.1) is 17.8 Å². The second-order valence-electron chi connectivity index (χ2n) is 8.91. The molecule has 1 aliphatic heterocycles. The predicted octanol–water partition coefficient (Wildman–Crippen LogP) is 2.06. The lowest BCUT2D eigenvalue weighted by atomic mass is 9.99. The van der Waals surface area contributed by atoms with Crippen LogP contribution in [0.3, 0.4) is 0 Å². The first-order valence-corrected chi connectivity index (χ1v) is 12.8. The minimum absolute atomic E-state index is 0.294. The molecule has 2 aliphatic carbocycles. The quantitative estimate of drug-likeness (QED) is 0.547. The van der Waals surface area contributed by atoms with E-state index in [0.29, 0.717) is 31.7 Å². The summed E-state index contributed by atoms with van der Waals surface area (Å²) in [5, 5.41) is 15.8. The van der Waals surface area contributed by atoms with E-state index in [1.807, 2.05) is 7.05 Å². The maximum atomic E-state index is 13.4. The monoisotopic (exact) mass is 457 g/mol. The van der Waals surface area contributed by atoms with Crippen molar-refractivity contribution in [3.8, 4) is 0 Å². The molecular formula is C23H29N4O4S-. The Labute approximate surface area is 189 Å². The number of nitrogens with zero attached hydrogens (tertiary/aromatic N) is 3. The summed E-state index contributed by atoms with van der Waals surface area (Å²) in [6, 6.07) is 2.89. The third kappa shape index (κ3) is 3.99. The molecule has 0 radical (unpaired) electrons. The van der Waals surface area contributed by atoms with Gasteiger partial charge in [-0.05, 0) is 79.7 Å². The van der Waals surface area contributed by atoms with Crippen LogP contribution in [0.5, 0.6) is 0 Å². The zero-order chi connectivity index (χ0) is 22.3. The molecule has 1 saturated heterocycles. The molecule has 172 valence electrons. The van der Waals surface area contributed by atoms with Gasteiger partial charge in [-0.1, -0.05) is 6.07 Å². The van der Waals surface area contributed by atoms with E-state index >= 15 is 0 Å². The average Bonchev–Trinajstić information content (AvgIpc) is 3.49. The molecule has 2 heterocycles. The second kappa shape index (κ2) is 8.44. The fourth-order valence-corrected chi connectivity index (χ4v) is 6.62. The highest BCUT2D eigenvalue weighted by Crippen LogP contribution is 2.38. The molecule has 8 nitrogen and oxygen atoms in total. The van der Waals surface area contributed by atoms with E-state index in [9.17, 15) is 13.5 Å². The molecule has 2 aromatic rings. The Hall–Kier alpha value is -2.52. The van der Waals surface area contributed by atoms with E-state index < -0.39 is 16.2 Å². The fourth-order valence-electron chi connectivity index (χ4n) is 5.32. The van der Waals surface area contributed by atoms with Crippen molar-refractivity contribution in [3.63, 3.8) is 0 Å². The Morgan fingerprint density at radius 1 is 1.16 bits per heavy atom. The minimum Gasteiger partial charge on any atom is -0.845 e. The first-order chi connectivity index (χ1) is 15.4. The van der Waals surface area contributed by atoms with E-state index in [0.717, 1.165) is 55.3 Å². The molecule has 1 N–H and O–H groups in total. The predicted molar refractivity (Wildman–Crippen MR) is 122 cm³/mol. The smallest absolute Gasteiger partial charge is 0.345 e. The summed E-state index contributed by atoms with van der Waals surface area (Å²) in [6.07, 6.45) is 10.6. The van der Waals surface area contributed by atoms with Crippen LogP contribution < -0.4 is 14.7 Å². The standard InChI is InChI=1S/C23H30N4O4S/c1-26-11-8-19(15-26)27(18-9-12-31-13-10-18)32(29,30)25-23(28)24-22-20-6-2-4-16(20)14-17-5-3-7-21(17)22/h8,11,14-15,18H,2-7,9-10,12-13H2,1H3,(H2,24,25,28)/p-1. The van der Waals surface area contributed by atoms with Crippen molar-refractivity contribution < 1.29 is 18.3 Å². The van der Waals surface area contributed by atoms with Crippen LogP contribution in [0.25, 0.3) is 0 Å². The highest BCUT2D eigenvalue weighted by molar-refractivity contribution is 7.91. The van der Waals surface area contributed by atoms with Crippen LogP contribution in [0, 0.1) is 0 Å². The van der Waals surface area contributed by atoms with Crippen molar-refractivity contribution in [1.82, 2.24) is 4.57 Å². The van der Waals surface area contributed by atoms with Crippen LogP contribution in [-0.4, -0.2) is 38.3 Å². The van der Waals surface area contributed by atoms with Gasteiger partial charge in [0.25, 0.3) is 0 Å². The maximum absolute atomic E-state index is 13.4. The Balaban J connectivity index is 1.48. The van der Waals surface area contributed by atoms with Crippen LogP contribution in [0.2, 0.25) is 0 Å². The molecule has 0 spiro atoms. The molecule has 1 fully saturated rings. The SMILES string of the molecule is Cn1ccc(N(C2CCOCC2)S(=O)(=O)/N=C(\[O-])Nc2c3c(cc4c2CCC4)CCC3)c1. The summed E-state index contributed by atoms with van der Waals surface area (Å²) in [5.41, 5.74) is 6.16. The van der Waals surface area contributed by atoms with Crippen LogP contribution in [0.4, 0.5) is 11.4 Å². The van der Waals surface area contributed by atoms with Crippen molar-refractivity contribution in [1.29, 1.82) is 0 Å². The van der Waals surface area contributed by atoms with Gasteiger partial charge < -0.3 is 19.7 Å². The van der Waals surface area contributed by atoms with Crippen LogP contribution in [0.1, 0.15) is 47.9 Å². The average molecular weight is 458 g/mol. The molecule has 5 rings (SSSR count). The summed E-state index contributed by atoms with van der Waals surface area (Å²) in [7, 11) is -2.40. The number of hydrogen-bond donors (Lipinski definition) is 1. The topological polar surface area (TPSA) is 99.0 Å². The number of nitrogens with one attached hydrogen (secondary N) is 1. The first-order valence-electron chi connectivity index (χ1n) is 11.4. The summed E-state index contributed by atoms with van der Waals surface area (Å²) in [5.74, 6) is 0. The number of aryl methyl sites for hydroxylation is 3. The molecule has 0 atom stereocenters. The molecular weight excluding hydrogens is 428 g/mol. The number of ether oxygens (including phenoxy) is 1. The van der Waals surface area contributed by atoms with Gasteiger partial charge in [-0.3, -0.25) is 0 Å². The normalized spacial score (nSPS) is 19.1. The minimum atomic E-state index is -4.23. The molecule has 0 saturated carbocycles. The van der Waals surface area contributed by atoms with Gasteiger partial charge in [0.1, 0.15) is 0 Å². The van der Waals surface area contributed by atoms with E-state index in [4.69, 9.17) is 4.74 Å². The molecule has 9 heteroatoms. The maximum Gasteiger partial charge on any atom is 0.345 e. The molecule has 1 aromatic carbocycles. The largest absolute Gasteiger partial charge is 0.845 e. The number of amidine groups is 1. The van der Waals surface area contributed by atoms with Crippen molar-refractivity contribution in [2.24, 2.45) is 11.4 Å². The van der Waals surface area contributed by atoms with Gasteiger partial charge in [0.2, 0.25) is 0 Å². The molecule has 0 amide bonds. The Morgan fingerprint density at radius 2 is 1.81 bits per heavy atom. The molecule has 0 bridgehead atoms. The molecule has 32 heavy (non-hydrogen) atoms. The van der Waals surface area contributed by atoms with E-state index in [-0.39, 0.29) is 6.04 Å².